The molecule has 0 aliphatic rings. The van der Waals surface area contributed by atoms with Crippen molar-refractivity contribution in [2.75, 3.05) is 18.2 Å². The molecule has 0 saturated carbocycles. The van der Waals surface area contributed by atoms with E-state index in [0.717, 1.165) is 28.6 Å². The third kappa shape index (κ3) is 5.84. The van der Waals surface area contributed by atoms with E-state index in [4.69, 9.17) is 4.74 Å². The molecule has 6 nitrogen and oxygen atoms in total. The Balaban J connectivity index is 1.98. The van der Waals surface area contributed by atoms with Gasteiger partial charge in [-0.3, -0.25) is 4.79 Å². The molecule has 0 saturated heterocycles. The molecule has 2 atom stereocenters. The van der Waals surface area contributed by atoms with Gasteiger partial charge in [0.05, 0.1) is 18.6 Å². The van der Waals surface area contributed by atoms with Gasteiger partial charge in [0.15, 0.2) is 4.34 Å². The van der Waals surface area contributed by atoms with Gasteiger partial charge in [0.25, 0.3) is 0 Å². The number of amides is 1. The van der Waals surface area contributed by atoms with Crippen LogP contribution < -0.4 is 10.1 Å². The van der Waals surface area contributed by atoms with Crippen molar-refractivity contribution in [3.05, 3.63) is 24.3 Å². The molecule has 2 aromatic rings. The summed E-state index contributed by atoms with van der Waals surface area (Å²) in [5.74, 6) is 1.27. The molecule has 1 amide bonds. The van der Waals surface area contributed by atoms with Crippen molar-refractivity contribution in [3.8, 4) is 5.75 Å². The molecule has 1 N–H and O–H groups in total. The zero-order valence-corrected chi connectivity index (χ0v) is 18.2. The van der Waals surface area contributed by atoms with Crippen LogP contribution in [0.5, 0.6) is 5.75 Å². The molecular formula is C19H28N4O2S2. The second-order valence-corrected chi connectivity index (χ2v) is 8.50. The molecule has 8 heteroatoms. The van der Waals surface area contributed by atoms with Gasteiger partial charge < -0.3 is 15.0 Å². The Morgan fingerprint density at radius 3 is 2.52 bits per heavy atom. The summed E-state index contributed by atoms with van der Waals surface area (Å²) in [5.41, 5.74) is 0.837. The average molecular weight is 409 g/mol. The zero-order chi connectivity index (χ0) is 19.8. The van der Waals surface area contributed by atoms with Crippen LogP contribution in [0.1, 0.15) is 40.5 Å². The highest BCUT2D eigenvalue weighted by atomic mass is 32.2. The van der Waals surface area contributed by atoms with Crippen molar-refractivity contribution in [1.82, 2.24) is 15.1 Å². The van der Waals surface area contributed by atoms with Crippen molar-refractivity contribution in [3.63, 3.8) is 0 Å². The fourth-order valence-electron chi connectivity index (χ4n) is 2.70. The van der Waals surface area contributed by atoms with Crippen LogP contribution in [0.25, 0.3) is 0 Å². The molecule has 148 valence electrons. The summed E-state index contributed by atoms with van der Waals surface area (Å²) >= 11 is 2.87. The summed E-state index contributed by atoms with van der Waals surface area (Å²) in [5, 5.41) is 12.3. The maximum Gasteiger partial charge on any atom is 0.233 e. The quantitative estimate of drug-likeness (QED) is 0.569. The molecule has 0 aliphatic heterocycles. The van der Waals surface area contributed by atoms with Gasteiger partial charge in [-0.15, -0.1) is 10.2 Å². The predicted octanol–water partition coefficient (Wildman–Crippen LogP) is 4.81. The second-order valence-electron chi connectivity index (χ2n) is 6.30. The number of anilines is 2. The van der Waals surface area contributed by atoms with Crippen LogP contribution in [-0.4, -0.2) is 46.0 Å². The van der Waals surface area contributed by atoms with Gasteiger partial charge in [-0.25, -0.2) is 0 Å². The van der Waals surface area contributed by atoms with Crippen LogP contribution in [0.4, 0.5) is 10.8 Å². The Labute approximate surface area is 169 Å². The lowest BCUT2D eigenvalue weighted by molar-refractivity contribution is -0.132. The van der Waals surface area contributed by atoms with Crippen molar-refractivity contribution in [1.29, 1.82) is 0 Å². The molecular weight excluding hydrogens is 380 g/mol. The number of rotatable bonds is 10. The highest BCUT2D eigenvalue weighted by molar-refractivity contribution is 8.01. The SMILES string of the molecule is CC[C@H](C)N(C(=O)CSc1nnc(Nc2ccccc2OC)s1)[C@@H](C)CC. The molecule has 27 heavy (non-hydrogen) atoms. The lowest BCUT2D eigenvalue weighted by Crippen LogP contribution is -2.45. The highest BCUT2D eigenvalue weighted by Gasteiger charge is 2.23. The fourth-order valence-corrected chi connectivity index (χ4v) is 4.33. The summed E-state index contributed by atoms with van der Waals surface area (Å²) in [6.07, 6.45) is 1.90. The third-order valence-corrected chi connectivity index (χ3v) is 6.45. The van der Waals surface area contributed by atoms with E-state index >= 15 is 0 Å². The second kappa shape index (κ2) is 10.5. The zero-order valence-electron chi connectivity index (χ0n) is 16.6. The van der Waals surface area contributed by atoms with E-state index in [0.29, 0.717) is 10.9 Å². The Bertz CT molecular complexity index is 728. The van der Waals surface area contributed by atoms with E-state index in [1.54, 1.807) is 7.11 Å². The number of aromatic nitrogens is 2. The van der Waals surface area contributed by atoms with Crippen LogP contribution in [0.2, 0.25) is 0 Å². The van der Waals surface area contributed by atoms with Gasteiger partial charge in [0.2, 0.25) is 11.0 Å². The van der Waals surface area contributed by atoms with E-state index in [1.807, 2.05) is 29.2 Å². The first-order valence-electron chi connectivity index (χ1n) is 9.17. The number of methoxy groups -OCH3 is 1. The van der Waals surface area contributed by atoms with E-state index < -0.39 is 0 Å². The lowest BCUT2D eigenvalue weighted by atomic mass is 10.1. The topological polar surface area (TPSA) is 67.4 Å². The van der Waals surface area contributed by atoms with Crippen LogP contribution in [-0.2, 0) is 4.79 Å². The summed E-state index contributed by atoms with van der Waals surface area (Å²) < 4.78 is 6.11. The minimum absolute atomic E-state index is 0.151. The number of benzene rings is 1. The van der Waals surface area contributed by atoms with Gasteiger partial charge in [0.1, 0.15) is 5.75 Å². The third-order valence-electron chi connectivity index (χ3n) is 4.49. The first kappa shape index (κ1) is 21.5. The van der Waals surface area contributed by atoms with Crippen molar-refractivity contribution < 1.29 is 9.53 Å². The van der Waals surface area contributed by atoms with Gasteiger partial charge in [-0.2, -0.15) is 0 Å². The Morgan fingerprint density at radius 2 is 1.89 bits per heavy atom. The Kier molecular flexibility index (Phi) is 8.37. The first-order chi connectivity index (χ1) is 13.0. The molecule has 2 rings (SSSR count). The van der Waals surface area contributed by atoms with Crippen LogP contribution >= 0.6 is 23.1 Å². The number of hydrogen-bond acceptors (Lipinski definition) is 7. The minimum atomic E-state index is 0.151. The molecule has 0 radical (unpaired) electrons. The largest absolute Gasteiger partial charge is 0.495 e. The number of hydrogen-bond donors (Lipinski definition) is 1. The van der Waals surface area contributed by atoms with Crippen molar-refractivity contribution in [2.24, 2.45) is 0 Å². The van der Waals surface area contributed by atoms with Crippen molar-refractivity contribution >= 4 is 39.8 Å². The van der Waals surface area contributed by atoms with Gasteiger partial charge in [-0.05, 0) is 38.8 Å². The number of para-hydroxylation sites is 2. The van der Waals surface area contributed by atoms with Gasteiger partial charge >= 0.3 is 0 Å². The van der Waals surface area contributed by atoms with E-state index in [2.05, 4.69) is 43.2 Å². The molecule has 0 unspecified atom stereocenters. The molecule has 0 aliphatic carbocycles. The molecule has 1 aromatic carbocycles. The number of thioether (sulfide) groups is 1. The molecule has 0 spiro atoms. The molecule has 1 aromatic heterocycles. The molecule has 1 heterocycles. The average Bonchev–Trinajstić information content (AvgIpc) is 3.13. The van der Waals surface area contributed by atoms with E-state index in [1.165, 1.54) is 23.1 Å². The summed E-state index contributed by atoms with van der Waals surface area (Å²) in [6, 6.07) is 8.13. The van der Waals surface area contributed by atoms with Gasteiger partial charge in [0, 0.05) is 12.1 Å². The Hall–Kier alpha value is -1.80. The maximum atomic E-state index is 12.7. The number of carbonyl (C=O) groups is 1. The van der Waals surface area contributed by atoms with Crippen LogP contribution in [0, 0.1) is 0 Å². The molecule has 0 fully saturated rings. The maximum absolute atomic E-state index is 12.7. The number of nitrogens with one attached hydrogen (secondary N) is 1. The van der Waals surface area contributed by atoms with Crippen LogP contribution in [0.15, 0.2) is 28.6 Å². The minimum Gasteiger partial charge on any atom is -0.495 e. The fraction of sp³-hybridized carbons (Fsp3) is 0.526. The summed E-state index contributed by atoms with van der Waals surface area (Å²) in [4.78, 5) is 14.7. The first-order valence-corrected chi connectivity index (χ1v) is 11.0. The van der Waals surface area contributed by atoms with Crippen LogP contribution in [0.3, 0.4) is 0 Å². The monoisotopic (exact) mass is 408 g/mol. The number of ether oxygens (including phenoxy) is 1. The summed E-state index contributed by atoms with van der Waals surface area (Å²) in [7, 11) is 1.63. The lowest BCUT2D eigenvalue weighted by Gasteiger charge is -2.33. The number of nitrogens with zero attached hydrogens (tertiary/aromatic N) is 3. The Morgan fingerprint density at radius 1 is 1.22 bits per heavy atom. The number of carbonyl (C=O) groups excluding carboxylic acids is 1. The van der Waals surface area contributed by atoms with Gasteiger partial charge in [-0.1, -0.05) is 49.1 Å². The normalized spacial score (nSPS) is 13.1. The highest BCUT2D eigenvalue weighted by Crippen LogP contribution is 2.31. The summed E-state index contributed by atoms with van der Waals surface area (Å²) in [6.45, 7) is 8.44. The predicted molar refractivity (Wildman–Crippen MR) is 113 cm³/mol. The van der Waals surface area contributed by atoms with Crippen molar-refractivity contribution in [2.45, 2.75) is 57.0 Å². The molecule has 0 bridgehead atoms. The smallest absolute Gasteiger partial charge is 0.233 e. The van der Waals surface area contributed by atoms with E-state index in [9.17, 15) is 4.79 Å². The van der Waals surface area contributed by atoms with E-state index in [-0.39, 0.29) is 18.0 Å². The standard InChI is InChI=1S/C19H28N4O2S2/c1-6-13(3)23(14(4)7-2)17(24)12-26-19-22-21-18(27-19)20-15-10-8-9-11-16(15)25-5/h8-11,13-14H,6-7,12H2,1-5H3,(H,20,21)/t13-,14-/m0/s1.